The maximum Gasteiger partial charge on any atom is 0.322 e. The van der Waals surface area contributed by atoms with Gasteiger partial charge in [0.2, 0.25) is 0 Å². The zero-order chi connectivity index (χ0) is 12.8. The second-order valence-electron chi connectivity index (χ2n) is 4.58. The highest BCUT2D eigenvalue weighted by Gasteiger charge is 2.25. The van der Waals surface area contributed by atoms with Crippen molar-refractivity contribution in [3.05, 3.63) is 0 Å². The summed E-state index contributed by atoms with van der Waals surface area (Å²) in [6, 6.07) is -0.482. The summed E-state index contributed by atoms with van der Waals surface area (Å²) in [4.78, 5) is 22.4. The SMILES string of the molecule is COC(=O)CCC(NC(C)(C)C)C(=O)OC. The van der Waals surface area contributed by atoms with Crippen molar-refractivity contribution < 1.29 is 19.1 Å². The smallest absolute Gasteiger partial charge is 0.322 e. The second-order valence-corrected chi connectivity index (χ2v) is 4.58. The van der Waals surface area contributed by atoms with Crippen molar-refractivity contribution in [1.29, 1.82) is 0 Å². The second kappa shape index (κ2) is 6.48. The third kappa shape index (κ3) is 6.40. The fourth-order valence-electron chi connectivity index (χ4n) is 1.28. The van der Waals surface area contributed by atoms with Gasteiger partial charge in [-0.05, 0) is 27.2 Å². The average molecular weight is 231 g/mol. The molecular weight excluding hydrogens is 210 g/mol. The Labute approximate surface area is 96.5 Å². The molecule has 5 nitrogen and oxygen atoms in total. The van der Waals surface area contributed by atoms with Crippen LogP contribution in [0.15, 0.2) is 0 Å². The van der Waals surface area contributed by atoms with Crippen molar-refractivity contribution in [3.63, 3.8) is 0 Å². The molecule has 0 aromatic heterocycles. The predicted molar refractivity (Wildman–Crippen MR) is 59.9 cm³/mol. The first-order valence-electron chi connectivity index (χ1n) is 5.22. The summed E-state index contributed by atoms with van der Waals surface area (Å²) in [5.74, 6) is -0.691. The van der Waals surface area contributed by atoms with Crippen LogP contribution in [-0.2, 0) is 19.1 Å². The van der Waals surface area contributed by atoms with E-state index in [1.165, 1.54) is 14.2 Å². The van der Waals surface area contributed by atoms with Gasteiger partial charge in [0.25, 0.3) is 0 Å². The summed E-state index contributed by atoms with van der Waals surface area (Å²) in [6.45, 7) is 5.84. The van der Waals surface area contributed by atoms with Gasteiger partial charge in [-0.3, -0.25) is 14.9 Å². The van der Waals surface area contributed by atoms with Crippen LogP contribution < -0.4 is 5.32 Å². The minimum atomic E-state index is -0.482. The number of rotatable bonds is 5. The van der Waals surface area contributed by atoms with Crippen LogP contribution in [0, 0.1) is 0 Å². The van der Waals surface area contributed by atoms with Gasteiger partial charge in [0.15, 0.2) is 0 Å². The van der Waals surface area contributed by atoms with Gasteiger partial charge in [-0.15, -0.1) is 0 Å². The number of hydrogen-bond acceptors (Lipinski definition) is 5. The summed E-state index contributed by atoms with van der Waals surface area (Å²) < 4.78 is 9.20. The molecule has 0 aliphatic rings. The zero-order valence-corrected chi connectivity index (χ0v) is 10.6. The average Bonchev–Trinajstić information content (AvgIpc) is 2.20. The molecule has 5 heteroatoms. The van der Waals surface area contributed by atoms with E-state index < -0.39 is 6.04 Å². The van der Waals surface area contributed by atoms with E-state index in [4.69, 9.17) is 0 Å². The van der Waals surface area contributed by atoms with Gasteiger partial charge in [-0.2, -0.15) is 0 Å². The van der Waals surface area contributed by atoms with E-state index in [0.717, 1.165) is 0 Å². The van der Waals surface area contributed by atoms with E-state index >= 15 is 0 Å². The Hall–Kier alpha value is -1.10. The Morgan fingerprint density at radius 3 is 2.12 bits per heavy atom. The summed E-state index contributed by atoms with van der Waals surface area (Å²) in [7, 11) is 2.66. The Bertz CT molecular complexity index is 245. The molecule has 0 radical (unpaired) electrons. The molecule has 0 rings (SSSR count). The number of carbonyl (C=O) groups excluding carboxylic acids is 2. The minimum Gasteiger partial charge on any atom is -0.469 e. The molecule has 1 unspecified atom stereocenters. The molecule has 0 aromatic carbocycles. The molecular formula is C11H21NO4. The largest absolute Gasteiger partial charge is 0.469 e. The highest BCUT2D eigenvalue weighted by molar-refractivity contribution is 5.77. The molecule has 0 aromatic rings. The van der Waals surface area contributed by atoms with Crippen LogP contribution in [0.4, 0.5) is 0 Å². The number of esters is 2. The van der Waals surface area contributed by atoms with Gasteiger partial charge in [0.1, 0.15) is 6.04 Å². The van der Waals surface area contributed by atoms with E-state index in [1.54, 1.807) is 0 Å². The van der Waals surface area contributed by atoms with Crippen LogP contribution in [0.3, 0.4) is 0 Å². The van der Waals surface area contributed by atoms with Crippen molar-refractivity contribution in [2.75, 3.05) is 14.2 Å². The van der Waals surface area contributed by atoms with Crippen LogP contribution in [-0.4, -0.2) is 37.7 Å². The molecule has 0 aliphatic carbocycles. The molecule has 1 atom stereocenters. The molecule has 0 fully saturated rings. The quantitative estimate of drug-likeness (QED) is 0.711. The van der Waals surface area contributed by atoms with Gasteiger partial charge in [-0.1, -0.05) is 0 Å². The summed E-state index contributed by atoms with van der Waals surface area (Å²) in [6.07, 6.45) is 0.565. The maximum atomic E-state index is 11.5. The Balaban J connectivity index is 4.33. The molecule has 0 aliphatic heterocycles. The van der Waals surface area contributed by atoms with E-state index in [9.17, 15) is 9.59 Å². The van der Waals surface area contributed by atoms with Gasteiger partial charge in [0, 0.05) is 12.0 Å². The van der Waals surface area contributed by atoms with Crippen LogP contribution >= 0.6 is 0 Å². The molecule has 0 saturated carbocycles. The lowest BCUT2D eigenvalue weighted by atomic mass is 10.0. The Morgan fingerprint density at radius 2 is 1.75 bits per heavy atom. The van der Waals surface area contributed by atoms with Crippen molar-refractivity contribution in [3.8, 4) is 0 Å². The van der Waals surface area contributed by atoms with E-state index in [-0.39, 0.29) is 23.9 Å². The van der Waals surface area contributed by atoms with Crippen molar-refractivity contribution >= 4 is 11.9 Å². The lowest BCUT2D eigenvalue weighted by molar-refractivity contribution is -0.145. The third-order valence-corrected chi connectivity index (χ3v) is 1.96. The number of ether oxygens (including phenoxy) is 2. The summed E-state index contributed by atoms with van der Waals surface area (Å²) in [5, 5.41) is 3.10. The number of methoxy groups -OCH3 is 2. The van der Waals surface area contributed by atoms with Crippen LogP contribution in [0.5, 0.6) is 0 Å². The first-order chi connectivity index (χ1) is 7.30. The molecule has 94 valence electrons. The molecule has 0 spiro atoms. The van der Waals surface area contributed by atoms with E-state index in [2.05, 4.69) is 14.8 Å². The van der Waals surface area contributed by atoms with Gasteiger partial charge in [0.05, 0.1) is 14.2 Å². The van der Waals surface area contributed by atoms with Crippen molar-refractivity contribution in [1.82, 2.24) is 5.32 Å². The van der Waals surface area contributed by atoms with Gasteiger partial charge < -0.3 is 9.47 Å². The van der Waals surface area contributed by atoms with Gasteiger partial charge >= 0.3 is 11.9 Å². The fourth-order valence-corrected chi connectivity index (χ4v) is 1.28. The lowest BCUT2D eigenvalue weighted by Crippen LogP contribution is -2.48. The topological polar surface area (TPSA) is 64.6 Å². The first kappa shape index (κ1) is 14.9. The molecule has 16 heavy (non-hydrogen) atoms. The predicted octanol–water partition coefficient (Wildman–Crippen LogP) is 0.869. The fraction of sp³-hybridized carbons (Fsp3) is 0.818. The number of hydrogen-bond donors (Lipinski definition) is 1. The number of carbonyl (C=O) groups is 2. The van der Waals surface area contributed by atoms with Crippen LogP contribution in [0.2, 0.25) is 0 Å². The summed E-state index contributed by atoms with van der Waals surface area (Å²) >= 11 is 0. The lowest BCUT2D eigenvalue weighted by Gasteiger charge is -2.26. The highest BCUT2D eigenvalue weighted by atomic mass is 16.5. The Kier molecular flexibility index (Phi) is 6.03. The zero-order valence-electron chi connectivity index (χ0n) is 10.6. The molecule has 0 heterocycles. The summed E-state index contributed by atoms with van der Waals surface area (Å²) in [5.41, 5.74) is -0.213. The highest BCUT2D eigenvalue weighted by Crippen LogP contribution is 2.07. The third-order valence-electron chi connectivity index (χ3n) is 1.96. The molecule has 0 amide bonds. The minimum absolute atomic E-state index is 0.194. The molecule has 0 bridgehead atoms. The molecule has 1 N–H and O–H groups in total. The van der Waals surface area contributed by atoms with Crippen LogP contribution in [0.1, 0.15) is 33.6 Å². The maximum absolute atomic E-state index is 11.5. The Morgan fingerprint density at radius 1 is 1.19 bits per heavy atom. The standard InChI is InChI=1S/C11H21NO4/c1-11(2,3)12-8(10(14)16-5)6-7-9(13)15-4/h8,12H,6-7H2,1-5H3. The van der Waals surface area contributed by atoms with Crippen molar-refractivity contribution in [2.24, 2.45) is 0 Å². The molecule has 0 saturated heterocycles. The van der Waals surface area contributed by atoms with E-state index in [0.29, 0.717) is 6.42 Å². The van der Waals surface area contributed by atoms with E-state index in [1.807, 2.05) is 20.8 Å². The monoisotopic (exact) mass is 231 g/mol. The van der Waals surface area contributed by atoms with Gasteiger partial charge in [-0.25, -0.2) is 0 Å². The first-order valence-corrected chi connectivity index (χ1v) is 5.22. The van der Waals surface area contributed by atoms with Crippen LogP contribution in [0.25, 0.3) is 0 Å². The van der Waals surface area contributed by atoms with Crippen molar-refractivity contribution in [2.45, 2.75) is 45.2 Å². The number of nitrogens with one attached hydrogen (secondary N) is 1. The normalized spacial score (nSPS) is 13.1.